The molecule has 2 amide bonds. The lowest BCUT2D eigenvalue weighted by molar-refractivity contribution is -0.118. The lowest BCUT2D eigenvalue weighted by Crippen LogP contribution is -2.46. The van der Waals surface area contributed by atoms with Crippen LogP contribution in [0.4, 0.5) is 4.79 Å². The van der Waals surface area contributed by atoms with Crippen molar-refractivity contribution in [3.8, 4) is 17.2 Å². The number of carbonyl (C=O) groups excluding carboxylic acids is 1. The Morgan fingerprint density at radius 1 is 0.889 bits per heavy atom. The van der Waals surface area contributed by atoms with E-state index in [4.69, 9.17) is 23.7 Å². The smallest absolute Gasteiger partial charge is 0.407 e. The van der Waals surface area contributed by atoms with Crippen molar-refractivity contribution in [2.24, 2.45) is 0 Å². The lowest BCUT2D eigenvalue weighted by Gasteiger charge is -2.37. The summed E-state index contributed by atoms with van der Waals surface area (Å²) in [7, 11) is 1.65. The first kappa shape index (κ1) is 33.6. The minimum absolute atomic E-state index is 0.0444. The van der Waals surface area contributed by atoms with Crippen LogP contribution in [0.15, 0.2) is 72.8 Å². The Bertz CT molecular complexity index is 1350. The molecule has 0 spiro atoms. The van der Waals surface area contributed by atoms with E-state index in [1.54, 1.807) is 7.11 Å². The molecule has 2 N–H and O–H groups in total. The van der Waals surface area contributed by atoms with Crippen LogP contribution in [0.5, 0.6) is 17.2 Å². The van der Waals surface area contributed by atoms with E-state index in [-0.39, 0.29) is 17.9 Å². The number of ether oxygens (including phenoxy) is 5. The Balaban J connectivity index is 1.24. The van der Waals surface area contributed by atoms with Crippen LogP contribution in [0.3, 0.4) is 0 Å². The zero-order valence-electron chi connectivity index (χ0n) is 26.1. The molecule has 1 fully saturated rings. The number of nitrogens with zero attached hydrogens (tertiary/aromatic N) is 1. The van der Waals surface area contributed by atoms with Crippen molar-refractivity contribution >= 4 is 12.0 Å². The third kappa shape index (κ3) is 10.7. The van der Waals surface area contributed by atoms with Crippen molar-refractivity contribution in [3.05, 3.63) is 89.5 Å². The molecule has 10 heteroatoms. The topological polar surface area (TPSA) is 116 Å². The van der Waals surface area contributed by atoms with E-state index in [1.165, 1.54) is 11.8 Å². The summed E-state index contributed by atoms with van der Waals surface area (Å²) in [6.45, 7) is 5.00. The van der Waals surface area contributed by atoms with Gasteiger partial charge in [0.15, 0.2) is 0 Å². The molecule has 1 heterocycles. The monoisotopic (exact) mass is 620 g/mol. The fraction of sp³-hybridized carbons (Fsp3) is 0.429. The maximum Gasteiger partial charge on any atom is 0.407 e. The SMILES string of the molecule is COc1ccccc1COCCCOc1ccc(C2CCN(C(=O)O)CC2OCCOc2ccccc2CCNC(C)=O)cc1. The molecule has 0 aromatic heterocycles. The van der Waals surface area contributed by atoms with Crippen LogP contribution in [0.25, 0.3) is 0 Å². The average Bonchev–Trinajstić information content (AvgIpc) is 3.05. The number of benzene rings is 3. The standard InChI is InChI=1S/C35H44N2O8/c1-26(38)36-18-16-28-8-3-6-11-33(28)44-22-23-45-34-24-37(35(39)40)19-17-31(34)27-12-14-30(15-13-27)43-21-7-20-42-25-29-9-4-5-10-32(29)41-2/h3-6,8-15,31,34H,7,16-25H2,1-2H3,(H,36,38)(H,39,40). The third-order valence-electron chi connectivity index (χ3n) is 7.70. The summed E-state index contributed by atoms with van der Waals surface area (Å²) >= 11 is 0. The minimum Gasteiger partial charge on any atom is -0.496 e. The summed E-state index contributed by atoms with van der Waals surface area (Å²) in [6, 6.07) is 23.5. The van der Waals surface area contributed by atoms with Crippen LogP contribution in [0.1, 0.15) is 42.4 Å². The Morgan fingerprint density at radius 2 is 1.62 bits per heavy atom. The minimum atomic E-state index is -0.943. The molecular weight excluding hydrogens is 576 g/mol. The maximum atomic E-state index is 11.7. The first-order chi connectivity index (χ1) is 21.9. The van der Waals surface area contributed by atoms with Gasteiger partial charge in [-0.15, -0.1) is 0 Å². The van der Waals surface area contributed by atoms with Gasteiger partial charge in [0.25, 0.3) is 0 Å². The van der Waals surface area contributed by atoms with E-state index in [1.807, 2.05) is 72.8 Å². The highest BCUT2D eigenvalue weighted by Gasteiger charge is 2.33. The number of rotatable bonds is 17. The van der Waals surface area contributed by atoms with Crippen LogP contribution in [-0.2, 0) is 27.3 Å². The highest BCUT2D eigenvalue weighted by molar-refractivity contribution is 5.72. The summed E-state index contributed by atoms with van der Waals surface area (Å²) < 4.78 is 29.3. The number of methoxy groups -OCH3 is 1. The molecule has 0 bridgehead atoms. The molecule has 1 saturated heterocycles. The summed E-state index contributed by atoms with van der Waals surface area (Å²) in [6.07, 6.45) is 0.824. The molecule has 3 aromatic carbocycles. The molecular formula is C35H44N2O8. The highest BCUT2D eigenvalue weighted by atomic mass is 16.5. The zero-order valence-corrected chi connectivity index (χ0v) is 26.1. The zero-order chi connectivity index (χ0) is 31.9. The van der Waals surface area contributed by atoms with Gasteiger partial charge in [0.05, 0.1) is 46.2 Å². The number of likely N-dealkylation sites (tertiary alicyclic amines) is 1. The van der Waals surface area contributed by atoms with Crippen LogP contribution in [-0.4, -0.2) is 81.3 Å². The number of hydrogen-bond acceptors (Lipinski definition) is 7. The molecule has 242 valence electrons. The van der Waals surface area contributed by atoms with Gasteiger partial charge in [-0.05, 0) is 48.2 Å². The van der Waals surface area contributed by atoms with Gasteiger partial charge in [0.2, 0.25) is 5.91 Å². The normalized spacial score (nSPS) is 16.2. The second-order valence-corrected chi connectivity index (χ2v) is 10.9. The number of hydrogen-bond donors (Lipinski definition) is 2. The first-order valence-electron chi connectivity index (χ1n) is 15.4. The molecule has 45 heavy (non-hydrogen) atoms. The predicted octanol–water partition coefficient (Wildman–Crippen LogP) is 5.29. The van der Waals surface area contributed by atoms with E-state index in [0.717, 1.165) is 40.4 Å². The molecule has 1 aliphatic rings. The fourth-order valence-corrected chi connectivity index (χ4v) is 5.38. The summed E-state index contributed by atoms with van der Waals surface area (Å²) in [4.78, 5) is 24.3. The van der Waals surface area contributed by atoms with Gasteiger partial charge in [0, 0.05) is 37.9 Å². The molecule has 0 radical (unpaired) electrons. The Hall–Kier alpha value is -4.28. The molecule has 10 nitrogen and oxygen atoms in total. The third-order valence-corrected chi connectivity index (χ3v) is 7.70. The van der Waals surface area contributed by atoms with E-state index in [0.29, 0.717) is 65.5 Å². The molecule has 2 atom stereocenters. The van der Waals surface area contributed by atoms with Gasteiger partial charge in [-0.25, -0.2) is 4.79 Å². The summed E-state index contributed by atoms with van der Waals surface area (Å²) in [5, 5.41) is 12.4. The van der Waals surface area contributed by atoms with Gasteiger partial charge in [-0.1, -0.05) is 48.5 Å². The van der Waals surface area contributed by atoms with Crippen molar-refractivity contribution in [1.82, 2.24) is 10.2 Å². The van der Waals surface area contributed by atoms with Crippen LogP contribution in [0.2, 0.25) is 0 Å². The van der Waals surface area contributed by atoms with E-state index >= 15 is 0 Å². The fourth-order valence-electron chi connectivity index (χ4n) is 5.38. The number of para-hydroxylation sites is 2. The molecule has 0 aliphatic carbocycles. The first-order valence-corrected chi connectivity index (χ1v) is 15.4. The second-order valence-electron chi connectivity index (χ2n) is 10.9. The number of piperidine rings is 1. The van der Waals surface area contributed by atoms with Gasteiger partial charge < -0.3 is 39.0 Å². The van der Waals surface area contributed by atoms with E-state index in [9.17, 15) is 14.7 Å². The number of amides is 2. The van der Waals surface area contributed by atoms with Crippen LogP contribution < -0.4 is 19.5 Å². The largest absolute Gasteiger partial charge is 0.496 e. The molecule has 0 saturated carbocycles. The van der Waals surface area contributed by atoms with Gasteiger partial charge in [-0.3, -0.25) is 4.79 Å². The van der Waals surface area contributed by atoms with Crippen molar-refractivity contribution < 1.29 is 38.4 Å². The Kier molecular flexibility index (Phi) is 13.3. The highest BCUT2D eigenvalue weighted by Crippen LogP contribution is 2.32. The summed E-state index contributed by atoms with van der Waals surface area (Å²) in [5.41, 5.74) is 3.10. The van der Waals surface area contributed by atoms with Gasteiger partial charge in [0.1, 0.15) is 23.9 Å². The van der Waals surface area contributed by atoms with Gasteiger partial charge in [-0.2, -0.15) is 0 Å². The van der Waals surface area contributed by atoms with Crippen molar-refractivity contribution in [3.63, 3.8) is 0 Å². The van der Waals surface area contributed by atoms with E-state index < -0.39 is 6.09 Å². The van der Waals surface area contributed by atoms with Crippen molar-refractivity contribution in [2.75, 3.05) is 53.2 Å². The Labute approximate surface area is 265 Å². The van der Waals surface area contributed by atoms with Crippen LogP contribution in [0, 0.1) is 0 Å². The Morgan fingerprint density at radius 3 is 2.36 bits per heavy atom. The summed E-state index contributed by atoms with van der Waals surface area (Å²) in [5.74, 6) is 2.32. The molecule has 1 aliphatic heterocycles. The molecule has 2 unspecified atom stereocenters. The van der Waals surface area contributed by atoms with Crippen molar-refractivity contribution in [1.29, 1.82) is 0 Å². The van der Waals surface area contributed by atoms with Crippen molar-refractivity contribution in [2.45, 2.75) is 44.8 Å². The number of nitrogens with one attached hydrogen (secondary N) is 1. The quantitative estimate of drug-likeness (QED) is 0.196. The average molecular weight is 621 g/mol. The molecule has 4 rings (SSSR count). The number of carbonyl (C=O) groups is 2. The lowest BCUT2D eigenvalue weighted by atomic mass is 9.87. The molecule has 3 aromatic rings. The maximum absolute atomic E-state index is 11.7. The predicted molar refractivity (Wildman–Crippen MR) is 170 cm³/mol. The van der Waals surface area contributed by atoms with Gasteiger partial charge >= 0.3 is 6.09 Å². The number of carboxylic acid groups (broad SMARTS) is 1. The van der Waals surface area contributed by atoms with E-state index in [2.05, 4.69) is 5.32 Å². The second kappa shape index (κ2) is 17.9. The van der Waals surface area contributed by atoms with Crippen LogP contribution >= 0.6 is 0 Å².